The van der Waals surface area contributed by atoms with Gasteiger partial charge in [-0.15, -0.1) is 0 Å². The molecule has 2 aromatic heterocycles. The first-order chi connectivity index (χ1) is 11.0. The zero-order valence-electron chi connectivity index (χ0n) is 14.1. The van der Waals surface area contributed by atoms with Gasteiger partial charge >= 0.3 is 0 Å². The van der Waals surface area contributed by atoms with Gasteiger partial charge in [-0.25, -0.2) is 4.98 Å². The highest BCUT2D eigenvalue weighted by atomic mass is 32.2. The molecule has 0 fully saturated rings. The SMILES string of the molecule is C/C(=C\c1cccnc1)CC(=O)c1cnc(CSC(C)C)n1C. The number of hydrogen-bond donors (Lipinski definition) is 0. The van der Waals surface area contributed by atoms with E-state index in [4.69, 9.17) is 0 Å². The smallest absolute Gasteiger partial charge is 0.184 e. The lowest BCUT2D eigenvalue weighted by Gasteiger charge is -2.07. The number of nitrogens with zero attached hydrogens (tertiary/aromatic N) is 3. The van der Waals surface area contributed by atoms with Crippen LogP contribution in [-0.4, -0.2) is 25.6 Å². The molecule has 0 aromatic carbocycles. The minimum absolute atomic E-state index is 0.0958. The number of Topliss-reactive ketones (excluding diaryl/α,β-unsaturated/α-hetero) is 1. The molecular weight excluding hydrogens is 306 g/mol. The second kappa shape index (κ2) is 8.11. The normalized spacial score (nSPS) is 12.0. The maximum atomic E-state index is 12.5. The quantitative estimate of drug-likeness (QED) is 0.717. The predicted molar refractivity (Wildman–Crippen MR) is 96.5 cm³/mol. The van der Waals surface area contributed by atoms with E-state index in [9.17, 15) is 4.79 Å². The summed E-state index contributed by atoms with van der Waals surface area (Å²) in [7, 11) is 1.91. The monoisotopic (exact) mass is 329 g/mol. The summed E-state index contributed by atoms with van der Waals surface area (Å²) in [5.41, 5.74) is 2.70. The fraction of sp³-hybridized carbons (Fsp3) is 0.389. The van der Waals surface area contributed by atoms with E-state index in [1.54, 1.807) is 18.6 Å². The Bertz CT molecular complexity index is 690. The van der Waals surface area contributed by atoms with Gasteiger partial charge in [0.05, 0.1) is 11.9 Å². The van der Waals surface area contributed by atoms with Gasteiger partial charge in [0.1, 0.15) is 11.5 Å². The number of thioether (sulfide) groups is 1. The lowest BCUT2D eigenvalue weighted by molar-refractivity contribution is 0.0985. The van der Waals surface area contributed by atoms with Crippen LogP contribution >= 0.6 is 11.8 Å². The summed E-state index contributed by atoms with van der Waals surface area (Å²) in [6.45, 7) is 6.29. The van der Waals surface area contributed by atoms with Crippen LogP contribution in [0.2, 0.25) is 0 Å². The third kappa shape index (κ3) is 5.06. The zero-order chi connectivity index (χ0) is 16.8. The van der Waals surface area contributed by atoms with E-state index in [0.29, 0.717) is 17.4 Å². The van der Waals surface area contributed by atoms with E-state index in [-0.39, 0.29) is 5.78 Å². The van der Waals surface area contributed by atoms with Gasteiger partial charge in [-0.3, -0.25) is 9.78 Å². The van der Waals surface area contributed by atoms with Crippen molar-refractivity contribution >= 4 is 23.6 Å². The number of carbonyl (C=O) groups excluding carboxylic acids is 1. The maximum absolute atomic E-state index is 12.5. The first kappa shape index (κ1) is 17.5. The molecular formula is C18H23N3OS. The third-order valence-corrected chi connectivity index (χ3v) is 4.54. The van der Waals surface area contributed by atoms with Crippen LogP contribution in [0.5, 0.6) is 0 Å². The highest BCUT2D eigenvalue weighted by Gasteiger charge is 2.14. The summed E-state index contributed by atoms with van der Waals surface area (Å²) < 4.78 is 1.91. The Hall–Kier alpha value is -1.88. The fourth-order valence-corrected chi connectivity index (χ4v) is 2.97. The molecule has 5 heteroatoms. The van der Waals surface area contributed by atoms with E-state index in [1.165, 1.54) is 0 Å². The van der Waals surface area contributed by atoms with Gasteiger partial charge in [-0.1, -0.05) is 31.6 Å². The molecule has 2 rings (SSSR count). The molecule has 0 saturated carbocycles. The van der Waals surface area contributed by atoms with E-state index in [2.05, 4.69) is 23.8 Å². The van der Waals surface area contributed by atoms with Crippen molar-refractivity contribution in [3.63, 3.8) is 0 Å². The molecule has 0 aliphatic rings. The van der Waals surface area contributed by atoms with Crippen LogP contribution in [-0.2, 0) is 12.8 Å². The van der Waals surface area contributed by atoms with Crippen molar-refractivity contribution in [3.05, 3.63) is 53.4 Å². The minimum Gasteiger partial charge on any atom is -0.328 e. The van der Waals surface area contributed by atoms with Gasteiger partial charge < -0.3 is 4.57 Å². The topological polar surface area (TPSA) is 47.8 Å². The lowest BCUT2D eigenvalue weighted by atomic mass is 10.1. The molecule has 23 heavy (non-hydrogen) atoms. The van der Waals surface area contributed by atoms with Crippen molar-refractivity contribution in [2.24, 2.45) is 7.05 Å². The molecule has 0 radical (unpaired) electrons. The van der Waals surface area contributed by atoms with Crippen molar-refractivity contribution in [2.75, 3.05) is 0 Å². The Morgan fingerprint density at radius 1 is 1.39 bits per heavy atom. The maximum Gasteiger partial charge on any atom is 0.184 e. The Morgan fingerprint density at radius 3 is 2.83 bits per heavy atom. The van der Waals surface area contributed by atoms with Crippen molar-refractivity contribution < 1.29 is 4.79 Å². The highest BCUT2D eigenvalue weighted by Crippen LogP contribution is 2.18. The first-order valence-electron chi connectivity index (χ1n) is 7.70. The van der Waals surface area contributed by atoms with Crippen LogP contribution in [0.15, 0.2) is 36.3 Å². The van der Waals surface area contributed by atoms with Crippen LogP contribution in [0.3, 0.4) is 0 Å². The highest BCUT2D eigenvalue weighted by molar-refractivity contribution is 7.99. The summed E-state index contributed by atoms with van der Waals surface area (Å²) in [4.78, 5) is 21.0. The number of rotatable bonds is 7. The summed E-state index contributed by atoms with van der Waals surface area (Å²) in [5, 5.41) is 0.551. The average molecular weight is 329 g/mol. The van der Waals surface area contributed by atoms with E-state index in [0.717, 1.165) is 22.7 Å². The zero-order valence-corrected chi connectivity index (χ0v) is 14.9. The molecule has 0 unspecified atom stereocenters. The fourth-order valence-electron chi connectivity index (χ4n) is 2.22. The molecule has 0 aliphatic carbocycles. The van der Waals surface area contributed by atoms with Crippen molar-refractivity contribution in [3.8, 4) is 0 Å². The van der Waals surface area contributed by atoms with E-state index in [1.807, 2.05) is 48.5 Å². The summed E-state index contributed by atoms with van der Waals surface area (Å²) >= 11 is 1.83. The molecule has 4 nitrogen and oxygen atoms in total. The third-order valence-electron chi connectivity index (χ3n) is 3.45. The van der Waals surface area contributed by atoms with Gasteiger partial charge in [0.25, 0.3) is 0 Å². The molecule has 0 N–H and O–H groups in total. The van der Waals surface area contributed by atoms with Gasteiger partial charge in [0.2, 0.25) is 0 Å². The molecule has 2 heterocycles. The Balaban J connectivity index is 2.05. The first-order valence-corrected chi connectivity index (χ1v) is 8.75. The largest absolute Gasteiger partial charge is 0.328 e. The summed E-state index contributed by atoms with van der Waals surface area (Å²) in [6.07, 6.45) is 7.61. The van der Waals surface area contributed by atoms with Crippen molar-refractivity contribution in [2.45, 2.75) is 38.2 Å². The van der Waals surface area contributed by atoms with Crippen LogP contribution in [0, 0.1) is 0 Å². The second-order valence-corrected chi connectivity index (χ2v) is 7.42. The van der Waals surface area contributed by atoms with Gasteiger partial charge in [-0.05, 0) is 23.8 Å². The van der Waals surface area contributed by atoms with Crippen LogP contribution in [0.1, 0.15) is 49.1 Å². The number of pyridine rings is 1. The van der Waals surface area contributed by atoms with Crippen LogP contribution in [0.25, 0.3) is 6.08 Å². The van der Waals surface area contributed by atoms with Gasteiger partial charge in [0.15, 0.2) is 5.78 Å². The Kier molecular flexibility index (Phi) is 6.16. The standard InChI is InChI=1S/C18H23N3OS/c1-13(2)23-12-18-20-11-16(21(18)4)17(22)9-14(3)8-15-6-5-7-19-10-15/h5-8,10-11,13H,9,12H2,1-4H3/b14-8+. The molecule has 0 atom stereocenters. The Morgan fingerprint density at radius 2 is 2.17 bits per heavy atom. The molecule has 0 saturated heterocycles. The Labute approximate surface area is 142 Å². The molecule has 0 aliphatic heterocycles. The predicted octanol–water partition coefficient (Wildman–Crippen LogP) is 4.13. The molecule has 0 amide bonds. The minimum atomic E-state index is 0.0958. The number of hydrogen-bond acceptors (Lipinski definition) is 4. The molecule has 0 bridgehead atoms. The van der Waals surface area contributed by atoms with E-state index < -0.39 is 0 Å². The molecule has 2 aromatic rings. The summed E-state index contributed by atoms with van der Waals surface area (Å²) in [5.74, 6) is 1.87. The number of allylic oxidation sites excluding steroid dienone is 1. The molecule has 0 spiro atoms. The van der Waals surface area contributed by atoms with Crippen molar-refractivity contribution in [1.29, 1.82) is 0 Å². The average Bonchev–Trinajstić information content (AvgIpc) is 2.87. The number of carbonyl (C=O) groups is 1. The summed E-state index contributed by atoms with van der Waals surface area (Å²) in [6, 6.07) is 3.87. The second-order valence-electron chi connectivity index (χ2n) is 5.86. The number of ketones is 1. The lowest BCUT2D eigenvalue weighted by Crippen LogP contribution is -2.08. The van der Waals surface area contributed by atoms with Crippen LogP contribution < -0.4 is 0 Å². The van der Waals surface area contributed by atoms with Gasteiger partial charge in [0, 0.05) is 25.9 Å². The van der Waals surface area contributed by atoms with Crippen LogP contribution in [0.4, 0.5) is 0 Å². The van der Waals surface area contributed by atoms with Crippen molar-refractivity contribution in [1.82, 2.24) is 14.5 Å². The molecule has 122 valence electrons. The van der Waals surface area contributed by atoms with Gasteiger partial charge in [-0.2, -0.15) is 11.8 Å². The van der Waals surface area contributed by atoms with E-state index >= 15 is 0 Å². The number of aromatic nitrogens is 3. The number of imidazole rings is 1.